The van der Waals surface area contributed by atoms with Gasteiger partial charge in [0.15, 0.2) is 23.0 Å². The molecule has 250 valence electrons. The Morgan fingerprint density at radius 3 is 1.12 bits per heavy atom. The second-order valence-electron chi connectivity index (χ2n) is 12.0. The zero-order valence-electron chi connectivity index (χ0n) is 28.2. The van der Waals surface area contributed by atoms with E-state index in [9.17, 15) is 19.2 Å². The molecular weight excluding hydrogens is 632 g/mol. The third-order valence-electron chi connectivity index (χ3n) is 7.56. The minimum absolute atomic E-state index is 0.0783. The molecule has 0 aliphatic heterocycles. The van der Waals surface area contributed by atoms with Crippen molar-refractivity contribution in [3.63, 3.8) is 0 Å². The van der Waals surface area contributed by atoms with Crippen LogP contribution in [-0.2, 0) is 19.2 Å². The molecule has 0 atom stereocenters. The van der Waals surface area contributed by atoms with E-state index in [-0.39, 0.29) is 45.3 Å². The Morgan fingerprint density at radius 2 is 0.680 bits per heavy atom. The highest BCUT2D eigenvalue weighted by Crippen LogP contribution is 2.38. The average Bonchev–Trinajstić information content (AvgIpc) is 3.07. The molecule has 0 heterocycles. The highest BCUT2D eigenvalue weighted by molar-refractivity contribution is 6.02. The lowest BCUT2D eigenvalue weighted by molar-refractivity contribution is -0.132. The lowest BCUT2D eigenvalue weighted by atomic mass is 9.96. The number of esters is 4. The molecule has 0 bridgehead atoms. The van der Waals surface area contributed by atoms with Gasteiger partial charge in [-0.3, -0.25) is 0 Å². The number of rotatable bonds is 10. The number of fused-ring (bicyclic) bond motifs is 2. The average molecular weight is 667 g/mol. The van der Waals surface area contributed by atoms with Gasteiger partial charge in [-0.05, 0) is 114 Å². The first-order valence-corrected chi connectivity index (χ1v) is 15.5. The van der Waals surface area contributed by atoms with Crippen molar-refractivity contribution < 1.29 is 38.1 Å². The second-order valence-corrected chi connectivity index (χ2v) is 12.0. The van der Waals surface area contributed by atoms with E-state index in [2.05, 4.69) is 32.4 Å². The predicted octanol–water partition coefficient (Wildman–Crippen LogP) is 9.25. The minimum Gasteiger partial charge on any atom is -0.419 e. The van der Waals surface area contributed by atoms with Gasteiger partial charge in [-0.15, -0.1) is 0 Å². The van der Waals surface area contributed by atoms with E-state index in [0.717, 1.165) is 43.8 Å². The van der Waals surface area contributed by atoms with E-state index in [1.54, 1.807) is 30.3 Å². The van der Waals surface area contributed by atoms with Gasteiger partial charge in [-0.2, -0.15) is 0 Å². The van der Waals surface area contributed by atoms with Crippen LogP contribution in [0.3, 0.4) is 0 Å². The van der Waals surface area contributed by atoms with Gasteiger partial charge in [-0.25, -0.2) is 19.2 Å². The zero-order chi connectivity index (χ0) is 36.3. The molecule has 5 aromatic rings. The van der Waals surface area contributed by atoms with Gasteiger partial charge < -0.3 is 18.9 Å². The summed E-state index contributed by atoms with van der Waals surface area (Å²) < 4.78 is 21.9. The Morgan fingerprint density at radius 1 is 0.360 bits per heavy atom. The Kier molecular flexibility index (Phi) is 9.94. The molecule has 0 spiro atoms. The fourth-order valence-corrected chi connectivity index (χ4v) is 4.80. The van der Waals surface area contributed by atoms with E-state index in [1.165, 1.54) is 27.7 Å². The summed E-state index contributed by atoms with van der Waals surface area (Å²) in [4.78, 5) is 49.2. The SMILES string of the molecule is C=C(C)C(=O)Oc1ccc(-c2ccc(-c3ccc4cc5cc(OC(=O)C(=C)C)c(OC(=O)C(=C)C)cc5cc4c3)cc2)cc1OC(=O)C(=C)C. The second kappa shape index (κ2) is 14.3. The van der Waals surface area contributed by atoms with Crippen LogP contribution in [0.2, 0.25) is 0 Å². The topological polar surface area (TPSA) is 105 Å². The smallest absolute Gasteiger partial charge is 0.338 e. The molecular formula is C42H34O8. The van der Waals surface area contributed by atoms with E-state index in [0.29, 0.717) is 0 Å². The number of hydrogen-bond donors (Lipinski definition) is 0. The van der Waals surface area contributed by atoms with Gasteiger partial charge in [0.25, 0.3) is 0 Å². The molecule has 0 saturated heterocycles. The molecule has 0 saturated carbocycles. The fraction of sp³-hybridized carbons (Fsp3) is 0.0952. The fourth-order valence-electron chi connectivity index (χ4n) is 4.80. The van der Waals surface area contributed by atoms with Gasteiger partial charge in [0.05, 0.1) is 0 Å². The maximum atomic E-state index is 12.4. The summed E-state index contributed by atoms with van der Waals surface area (Å²) in [5, 5.41) is 3.44. The molecule has 0 aliphatic rings. The third-order valence-corrected chi connectivity index (χ3v) is 7.56. The van der Waals surface area contributed by atoms with Crippen molar-refractivity contribution in [1.29, 1.82) is 0 Å². The number of carbonyl (C=O) groups excluding carboxylic acids is 4. The van der Waals surface area contributed by atoms with Crippen molar-refractivity contribution in [2.24, 2.45) is 0 Å². The van der Waals surface area contributed by atoms with E-state index < -0.39 is 23.9 Å². The highest BCUT2D eigenvalue weighted by Gasteiger charge is 2.18. The molecule has 0 radical (unpaired) electrons. The van der Waals surface area contributed by atoms with Crippen LogP contribution < -0.4 is 18.9 Å². The van der Waals surface area contributed by atoms with Crippen molar-refractivity contribution in [2.75, 3.05) is 0 Å². The summed E-state index contributed by atoms with van der Waals surface area (Å²) in [5.74, 6) is -2.22. The molecule has 0 aliphatic carbocycles. The Hall–Kier alpha value is -6.54. The lowest BCUT2D eigenvalue weighted by Gasteiger charge is -2.13. The van der Waals surface area contributed by atoms with Gasteiger partial charge >= 0.3 is 23.9 Å². The van der Waals surface area contributed by atoms with Crippen LogP contribution in [0, 0.1) is 0 Å². The van der Waals surface area contributed by atoms with E-state index >= 15 is 0 Å². The minimum atomic E-state index is -0.648. The molecule has 8 nitrogen and oxygen atoms in total. The monoisotopic (exact) mass is 666 g/mol. The van der Waals surface area contributed by atoms with Crippen LogP contribution in [0.15, 0.2) is 134 Å². The molecule has 0 amide bonds. The van der Waals surface area contributed by atoms with Gasteiger partial charge in [0.1, 0.15) is 0 Å². The molecule has 50 heavy (non-hydrogen) atoms. The van der Waals surface area contributed by atoms with Crippen LogP contribution in [0.25, 0.3) is 43.8 Å². The number of hydrogen-bond acceptors (Lipinski definition) is 8. The molecule has 8 heteroatoms. The van der Waals surface area contributed by atoms with Crippen LogP contribution in [0.4, 0.5) is 0 Å². The van der Waals surface area contributed by atoms with Crippen molar-refractivity contribution in [1.82, 2.24) is 0 Å². The largest absolute Gasteiger partial charge is 0.419 e. The predicted molar refractivity (Wildman–Crippen MR) is 194 cm³/mol. The van der Waals surface area contributed by atoms with Gasteiger partial charge in [0, 0.05) is 22.3 Å². The first-order chi connectivity index (χ1) is 23.7. The van der Waals surface area contributed by atoms with Crippen molar-refractivity contribution in [3.8, 4) is 45.3 Å². The zero-order valence-corrected chi connectivity index (χ0v) is 28.2. The maximum Gasteiger partial charge on any atom is 0.338 e. The van der Waals surface area contributed by atoms with Crippen LogP contribution >= 0.6 is 0 Å². The summed E-state index contributed by atoms with van der Waals surface area (Å²) in [6.45, 7) is 20.6. The number of benzene rings is 5. The maximum absolute atomic E-state index is 12.4. The summed E-state index contributed by atoms with van der Waals surface area (Å²) in [5.41, 5.74) is 4.29. The van der Waals surface area contributed by atoms with Crippen LogP contribution in [-0.4, -0.2) is 23.9 Å². The molecule has 0 fully saturated rings. The first kappa shape index (κ1) is 34.8. The van der Waals surface area contributed by atoms with E-state index in [4.69, 9.17) is 18.9 Å². The standard InChI is InChI=1S/C42H34O8/c1-23(2)39(43)47-35-16-15-31(20-36(35)48-40(44)24(3)4)28-11-9-27(10-12-28)29-13-14-30-18-33-21-37(49-41(45)25(5)6)38(50-42(46)26(7)8)22-34(33)19-32(30)17-29/h9-22H,1,3,5,7H2,2,4,6,8H3. The Labute approximate surface area is 289 Å². The molecule has 5 aromatic carbocycles. The van der Waals surface area contributed by atoms with E-state index in [1.807, 2.05) is 48.5 Å². The van der Waals surface area contributed by atoms with Crippen LogP contribution in [0.5, 0.6) is 23.0 Å². The lowest BCUT2D eigenvalue weighted by Crippen LogP contribution is -2.12. The van der Waals surface area contributed by atoms with Gasteiger partial charge in [0.2, 0.25) is 0 Å². The first-order valence-electron chi connectivity index (χ1n) is 15.5. The van der Waals surface area contributed by atoms with Gasteiger partial charge in [-0.1, -0.05) is 68.8 Å². The number of ether oxygens (including phenoxy) is 4. The summed E-state index contributed by atoms with van der Waals surface area (Å²) >= 11 is 0. The molecule has 0 unspecified atom stereocenters. The van der Waals surface area contributed by atoms with Crippen molar-refractivity contribution in [3.05, 3.63) is 134 Å². The molecule has 0 aromatic heterocycles. The molecule has 5 rings (SSSR count). The third kappa shape index (κ3) is 7.77. The van der Waals surface area contributed by atoms with Crippen LogP contribution in [0.1, 0.15) is 27.7 Å². The summed E-state index contributed by atoms with van der Waals surface area (Å²) in [6, 6.07) is 26.1. The quantitative estimate of drug-likeness (QED) is 0.0629. The Bertz CT molecular complexity index is 2290. The Balaban J connectivity index is 1.48. The molecule has 0 N–H and O–H groups in total. The van der Waals surface area contributed by atoms with Crippen molar-refractivity contribution in [2.45, 2.75) is 27.7 Å². The number of carbonyl (C=O) groups is 4. The summed E-state index contributed by atoms with van der Waals surface area (Å²) in [7, 11) is 0. The normalized spacial score (nSPS) is 10.6. The van der Waals surface area contributed by atoms with Crippen molar-refractivity contribution >= 4 is 45.4 Å². The summed E-state index contributed by atoms with van der Waals surface area (Å²) in [6.07, 6.45) is 0. The highest BCUT2D eigenvalue weighted by atomic mass is 16.6.